The summed E-state index contributed by atoms with van der Waals surface area (Å²) >= 11 is 5.94. The molecule has 2 aromatic carbocycles. The Kier molecular flexibility index (Phi) is 5.04. The van der Waals surface area contributed by atoms with Gasteiger partial charge < -0.3 is 15.2 Å². The maximum Gasteiger partial charge on any atom is 0.165 e. The second kappa shape index (κ2) is 6.78. The van der Waals surface area contributed by atoms with Crippen LogP contribution in [0.1, 0.15) is 24.1 Å². The van der Waals surface area contributed by atoms with Gasteiger partial charge in [-0.25, -0.2) is 4.39 Å². The Bertz CT molecular complexity index is 632. The van der Waals surface area contributed by atoms with Crippen LogP contribution in [0.2, 0.25) is 5.02 Å². The third kappa shape index (κ3) is 3.86. The van der Waals surface area contributed by atoms with E-state index < -0.39 is 5.82 Å². The fourth-order valence-corrected chi connectivity index (χ4v) is 2.13. The van der Waals surface area contributed by atoms with Gasteiger partial charge in [-0.05, 0) is 42.8 Å². The van der Waals surface area contributed by atoms with Crippen molar-refractivity contribution >= 4 is 11.6 Å². The zero-order valence-electron chi connectivity index (χ0n) is 11.9. The molecule has 0 saturated heterocycles. The smallest absolute Gasteiger partial charge is 0.165 e. The molecule has 0 spiro atoms. The molecule has 1 atom stereocenters. The Morgan fingerprint density at radius 2 is 1.90 bits per heavy atom. The topological polar surface area (TPSA) is 44.5 Å². The van der Waals surface area contributed by atoms with Gasteiger partial charge in [0.15, 0.2) is 11.6 Å². The first-order chi connectivity index (χ1) is 10.0. The zero-order chi connectivity index (χ0) is 15.4. The number of halogens is 2. The van der Waals surface area contributed by atoms with E-state index in [0.717, 1.165) is 11.1 Å². The SMILES string of the molecule is COc1ccc(Cl)cc1COc1ccc([C@@H](C)N)cc1F. The average molecular weight is 310 g/mol. The van der Waals surface area contributed by atoms with Crippen LogP contribution in [0.4, 0.5) is 4.39 Å². The van der Waals surface area contributed by atoms with Crippen LogP contribution in [0, 0.1) is 5.82 Å². The Morgan fingerprint density at radius 3 is 2.52 bits per heavy atom. The van der Waals surface area contributed by atoms with E-state index in [1.807, 2.05) is 0 Å². The molecule has 2 aromatic rings. The van der Waals surface area contributed by atoms with E-state index in [1.165, 1.54) is 6.07 Å². The summed E-state index contributed by atoms with van der Waals surface area (Å²) < 4.78 is 24.7. The van der Waals surface area contributed by atoms with Crippen LogP contribution in [0.5, 0.6) is 11.5 Å². The quantitative estimate of drug-likeness (QED) is 0.905. The lowest BCUT2D eigenvalue weighted by molar-refractivity contribution is 0.282. The van der Waals surface area contributed by atoms with Crippen LogP contribution in [-0.4, -0.2) is 7.11 Å². The summed E-state index contributed by atoms with van der Waals surface area (Å²) in [6, 6.07) is 9.69. The highest BCUT2D eigenvalue weighted by Gasteiger charge is 2.10. The van der Waals surface area contributed by atoms with Crippen LogP contribution >= 0.6 is 11.6 Å². The molecule has 21 heavy (non-hydrogen) atoms. The van der Waals surface area contributed by atoms with Crippen molar-refractivity contribution < 1.29 is 13.9 Å². The molecule has 3 nitrogen and oxygen atoms in total. The highest BCUT2D eigenvalue weighted by molar-refractivity contribution is 6.30. The zero-order valence-corrected chi connectivity index (χ0v) is 12.7. The van der Waals surface area contributed by atoms with Crippen molar-refractivity contribution in [2.75, 3.05) is 7.11 Å². The summed E-state index contributed by atoms with van der Waals surface area (Å²) in [5.74, 6) is 0.374. The molecule has 5 heteroatoms. The minimum absolute atomic E-state index is 0.165. The first-order valence-corrected chi connectivity index (χ1v) is 6.89. The molecule has 0 aromatic heterocycles. The predicted octanol–water partition coefficient (Wildman–Crippen LogP) is 4.09. The van der Waals surface area contributed by atoms with E-state index in [4.69, 9.17) is 26.8 Å². The molecule has 0 aliphatic carbocycles. The molecular formula is C16H17ClFNO2. The van der Waals surface area contributed by atoms with Crippen LogP contribution in [0.25, 0.3) is 0 Å². The van der Waals surface area contributed by atoms with Crippen LogP contribution in [0.15, 0.2) is 36.4 Å². The first kappa shape index (κ1) is 15.6. The van der Waals surface area contributed by atoms with Gasteiger partial charge in [0.1, 0.15) is 12.4 Å². The van der Waals surface area contributed by atoms with Gasteiger partial charge in [-0.2, -0.15) is 0 Å². The summed E-state index contributed by atoms with van der Waals surface area (Å²) in [7, 11) is 1.56. The fraction of sp³-hybridized carbons (Fsp3) is 0.250. The summed E-state index contributed by atoms with van der Waals surface area (Å²) in [6.45, 7) is 1.96. The van der Waals surface area contributed by atoms with Crippen molar-refractivity contribution in [3.63, 3.8) is 0 Å². The maximum atomic E-state index is 13.9. The molecule has 0 bridgehead atoms. The number of ether oxygens (including phenoxy) is 2. The summed E-state index contributed by atoms with van der Waals surface area (Å²) in [5, 5.41) is 0.571. The summed E-state index contributed by atoms with van der Waals surface area (Å²) in [4.78, 5) is 0. The molecule has 0 fully saturated rings. The Labute approximate surface area is 128 Å². The molecule has 0 amide bonds. The molecular weight excluding hydrogens is 293 g/mol. The van der Waals surface area contributed by atoms with Crippen LogP contribution in [0.3, 0.4) is 0 Å². The van der Waals surface area contributed by atoms with E-state index in [9.17, 15) is 4.39 Å². The Balaban J connectivity index is 2.15. The van der Waals surface area contributed by atoms with Crippen molar-refractivity contribution in [1.82, 2.24) is 0 Å². The summed E-state index contributed by atoms with van der Waals surface area (Å²) in [6.07, 6.45) is 0. The minimum Gasteiger partial charge on any atom is -0.496 e. The second-order valence-electron chi connectivity index (χ2n) is 4.72. The number of rotatable bonds is 5. The largest absolute Gasteiger partial charge is 0.496 e. The van der Waals surface area contributed by atoms with Crippen LogP contribution < -0.4 is 15.2 Å². The van der Waals surface area contributed by atoms with E-state index in [0.29, 0.717) is 10.8 Å². The summed E-state index contributed by atoms with van der Waals surface area (Å²) in [5.41, 5.74) is 7.19. The highest BCUT2D eigenvalue weighted by Crippen LogP contribution is 2.26. The number of nitrogens with two attached hydrogens (primary N) is 1. The molecule has 0 aliphatic heterocycles. The third-order valence-corrected chi connectivity index (χ3v) is 3.34. The van der Waals surface area contributed by atoms with Crippen LogP contribution in [-0.2, 0) is 6.61 Å². The molecule has 2 rings (SSSR count). The number of benzene rings is 2. The van der Waals surface area contributed by atoms with Crippen molar-refractivity contribution in [3.8, 4) is 11.5 Å². The molecule has 2 N–H and O–H groups in total. The van der Waals surface area contributed by atoms with Gasteiger partial charge in [0.25, 0.3) is 0 Å². The minimum atomic E-state index is -0.439. The van der Waals surface area contributed by atoms with Gasteiger partial charge in [0, 0.05) is 16.6 Å². The van der Waals surface area contributed by atoms with Crippen molar-refractivity contribution in [1.29, 1.82) is 0 Å². The van der Waals surface area contributed by atoms with E-state index in [2.05, 4.69) is 0 Å². The average Bonchev–Trinajstić information content (AvgIpc) is 2.46. The van der Waals surface area contributed by atoms with Gasteiger partial charge in [0.2, 0.25) is 0 Å². The van der Waals surface area contributed by atoms with E-state index in [1.54, 1.807) is 44.4 Å². The van der Waals surface area contributed by atoms with Gasteiger partial charge in [0.05, 0.1) is 7.11 Å². The van der Waals surface area contributed by atoms with Gasteiger partial charge in [-0.15, -0.1) is 0 Å². The normalized spacial score (nSPS) is 12.0. The van der Waals surface area contributed by atoms with Gasteiger partial charge in [-0.3, -0.25) is 0 Å². The van der Waals surface area contributed by atoms with Crippen molar-refractivity contribution in [2.45, 2.75) is 19.6 Å². The molecule has 0 radical (unpaired) electrons. The highest BCUT2D eigenvalue weighted by atomic mass is 35.5. The lowest BCUT2D eigenvalue weighted by Gasteiger charge is -2.12. The molecule has 112 valence electrons. The van der Waals surface area contributed by atoms with Gasteiger partial charge in [-0.1, -0.05) is 17.7 Å². The molecule has 0 heterocycles. The Morgan fingerprint density at radius 1 is 1.19 bits per heavy atom. The second-order valence-corrected chi connectivity index (χ2v) is 5.16. The third-order valence-electron chi connectivity index (χ3n) is 3.11. The maximum absolute atomic E-state index is 13.9. The van der Waals surface area contributed by atoms with E-state index in [-0.39, 0.29) is 18.4 Å². The van der Waals surface area contributed by atoms with Gasteiger partial charge >= 0.3 is 0 Å². The lowest BCUT2D eigenvalue weighted by atomic mass is 10.1. The molecule has 0 aliphatic rings. The standard InChI is InChI=1S/C16H17ClFNO2/c1-10(19)11-3-5-16(14(18)8-11)21-9-12-7-13(17)4-6-15(12)20-2/h3-8,10H,9,19H2,1-2H3/t10-/m1/s1. The Hall–Kier alpha value is -1.78. The predicted molar refractivity (Wildman–Crippen MR) is 81.3 cm³/mol. The number of hydrogen-bond donors (Lipinski definition) is 1. The molecule has 0 unspecified atom stereocenters. The number of methoxy groups -OCH3 is 1. The van der Waals surface area contributed by atoms with E-state index >= 15 is 0 Å². The number of hydrogen-bond acceptors (Lipinski definition) is 3. The molecule has 0 saturated carbocycles. The van der Waals surface area contributed by atoms with Crippen molar-refractivity contribution in [3.05, 3.63) is 58.4 Å². The first-order valence-electron chi connectivity index (χ1n) is 6.51. The van der Waals surface area contributed by atoms with Crippen molar-refractivity contribution in [2.24, 2.45) is 5.73 Å². The fourth-order valence-electron chi connectivity index (χ4n) is 1.93. The monoisotopic (exact) mass is 309 g/mol. The lowest BCUT2D eigenvalue weighted by Crippen LogP contribution is -2.06.